The number of ether oxygens (including phenoxy) is 4. The van der Waals surface area contributed by atoms with Crippen molar-refractivity contribution in [1.82, 2.24) is 5.32 Å². The summed E-state index contributed by atoms with van der Waals surface area (Å²) < 4.78 is 21.6. The summed E-state index contributed by atoms with van der Waals surface area (Å²) in [7, 11) is 0. The van der Waals surface area contributed by atoms with Crippen LogP contribution < -0.4 is 5.32 Å². The molecule has 2 atom stereocenters. The van der Waals surface area contributed by atoms with Gasteiger partial charge in [0.05, 0.1) is 13.0 Å². The summed E-state index contributed by atoms with van der Waals surface area (Å²) in [5.41, 5.74) is -0.597. The average molecular weight is 375 g/mol. The molecule has 0 aromatic carbocycles. The van der Waals surface area contributed by atoms with Gasteiger partial charge in [0.1, 0.15) is 23.7 Å². The summed E-state index contributed by atoms with van der Waals surface area (Å²) in [4.78, 5) is 23.6. The van der Waals surface area contributed by atoms with E-state index in [0.717, 1.165) is 0 Å². The fourth-order valence-corrected chi connectivity index (χ4v) is 3.09. The first-order valence-electron chi connectivity index (χ1n) is 8.22. The number of hydrogen-bond acceptors (Lipinski definition) is 7. The Hall–Kier alpha value is -1.25. The van der Waals surface area contributed by atoms with Gasteiger partial charge in [0.2, 0.25) is 0 Å². The molecule has 1 rings (SSSR count). The van der Waals surface area contributed by atoms with Crippen LogP contribution in [0, 0.1) is 0 Å². The van der Waals surface area contributed by atoms with Gasteiger partial charge in [-0.15, -0.1) is 11.8 Å². The zero-order valence-corrected chi connectivity index (χ0v) is 16.4. The van der Waals surface area contributed by atoms with Crippen LogP contribution >= 0.6 is 11.8 Å². The zero-order chi connectivity index (χ0) is 19.1. The molecule has 7 nitrogen and oxygen atoms in total. The molecule has 0 bridgehead atoms. The Kier molecular flexibility index (Phi) is 8.24. The third-order valence-corrected chi connectivity index (χ3v) is 4.21. The van der Waals surface area contributed by atoms with Gasteiger partial charge in [0.25, 0.3) is 0 Å². The smallest absolute Gasteiger partial charge is 0.408 e. The number of amides is 1. The summed E-state index contributed by atoms with van der Waals surface area (Å²) in [6, 6.07) is 0. The maximum absolute atomic E-state index is 12.1. The molecule has 1 saturated heterocycles. The molecule has 1 N–H and O–H groups in total. The minimum atomic E-state index is -0.706. The van der Waals surface area contributed by atoms with Gasteiger partial charge in [-0.3, -0.25) is 4.79 Å². The number of nitrogens with one attached hydrogen (secondary N) is 1. The first-order valence-corrected chi connectivity index (χ1v) is 9.27. The van der Waals surface area contributed by atoms with Gasteiger partial charge in [0.15, 0.2) is 5.79 Å². The van der Waals surface area contributed by atoms with Gasteiger partial charge in [-0.2, -0.15) is 0 Å². The highest BCUT2D eigenvalue weighted by Gasteiger charge is 2.38. The molecule has 0 aliphatic carbocycles. The highest BCUT2D eigenvalue weighted by molar-refractivity contribution is 7.99. The van der Waals surface area contributed by atoms with Crippen LogP contribution in [0.3, 0.4) is 0 Å². The van der Waals surface area contributed by atoms with Crippen LogP contribution in [-0.2, 0) is 23.7 Å². The molecule has 1 fully saturated rings. The van der Waals surface area contributed by atoms with E-state index in [9.17, 15) is 9.59 Å². The quantitative estimate of drug-likeness (QED) is 0.397. The number of carbonyl (C=O) groups is 2. The second kappa shape index (κ2) is 9.45. The summed E-state index contributed by atoms with van der Waals surface area (Å²) in [6.07, 6.45) is 0.871. The monoisotopic (exact) mass is 375 g/mol. The first-order chi connectivity index (χ1) is 11.5. The molecule has 8 heteroatoms. The Balaban J connectivity index is 2.58. The highest BCUT2D eigenvalue weighted by atomic mass is 32.2. The lowest BCUT2D eigenvalue weighted by atomic mass is 10.2. The maximum atomic E-state index is 12.1. The first kappa shape index (κ1) is 21.8. The van der Waals surface area contributed by atoms with Crippen LogP contribution in [-0.4, -0.2) is 53.9 Å². The van der Waals surface area contributed by atoms with Crippen molar-refractivity contribution in [2.45, 2.75) is 63.9 Å². The molecular formula is C17H29NO6S. The largest absolute Gasteiger partial charge is 0.461 e. The Bertz CT molecular complexity index is 474. The van der Waals surface area contributed by atoms with E-state index >= 15 is 0 Å². The molecule has 1 aliphatic heterocycles. The molecule has 1 heterocycles. The van der Waals surface area contributed by atoms with Crippen LogP contribution in [0.2, 0.25) is 0 Å². The third-order valence-electron chi connectivity index (χ3n) is 2.99. The molecule has 25 heavy (non-hydrogen) atoms. The normalized spacial score (nSPS) is 20.6. The van der Waals surface area contributed by atoms with Crippen molar-refractivity contribution in [1.29, 1.82) is 0 Å². The number of rotatable bonds is 8. The van der Waals surface area contributed by atoms with Crippen LogP contribution in [0.5, 0.6) is 0 Å². The van der Waals surface area contributed by atoms with Gasteiger partial charge in [0, 0.05) is 5.75 Å². The lowest BCUT2D eigenvalue weighted by Crippen LogP contribution is -2.45. The van der Waals surface area contributed by atoms with Gasteiger partial charge in [-0.25, -0.2) is 4.79 Å². The van der Waals surface area contributed by atoms with Gasteiger partial charge < -0.3 is 24.3 Å². The molecule has 144 valence electrons. The van der Waals surface area contributed by atoms with E-state index in [4.69, 9.17) is 18.9 Å². The Morgan fingerprint density at radius 2 is 2.12 bits per heavy atom. The van der Waals surface area contributed by atoms with E-state index in [-0.39, 0.29) is 25.1 Å². The molecule has 1 amide bonds. The van der Waals surface area contributed by atoms with Crippen LogP contribution in [0.1, 0.15) is 41.0 Å². The maximum Gasteiger partial charge on any atom is 0.408 e. The summed E-state index contributed by atoms with van der Waals surface area (Å²) >= 11 is 1.39. The van der Waals surface area contributed by atoms with Crippen molar-refractivity contribution >= 4 is 23.8 Å². The van der Waals surface area contributed by atoms with Crippen molar-refractivity contribution in [3.05, 3.63) is 12.7 Å². The Morgan fingerprint density at radius 1 is 1.44 bits per heavy atom. The lowest BCUT2D eigenvalue weighted by Gasteiger charge is -2.27. The number of alkyl carbamates (subject to hydrolysis) is 1. The zero-order valence-electron chi connectivity index (χ0n) is 15.6. The lowest BCUT2D eigenvalue weighted by molar-refractivity contribution is -0.142. The summed E-state index contributed by atoms with van der Waals surface area (Å²) in [5, 5.41) is 2.40. The third kappa shape index (κ3) is 9.13. The van der Waals surface area contributed by atoms with E-state index in [0.29, 0.717) is 12.4 Å². The van der Waals surface area contributed by atoms with E-state index in [1.54, 1.807) is 20.8 Å². The number of thioether (sulfide) groups is 1. The van der Waals surface area contributed by atoms with Crippen molar-refractivity contribution in [2.75, 3.05) is 19.0 Å². The fraction of sp³-hybridized carbons (Fsp3) is 0.765. The van der Waals surface area contributed by atoms with Crippen molar-refractivity contribution < 1.29 is 28.5 Å². The second-order valence-corrected chi connectivity index (χ2v) is 8.28. The van der Waals surface area contributed by atoms with E-state index in [2.05, 4.69) is 11.9 Å². The number of hydrogen-bond donors (Lipinski definition) is 1. The van der Waals surface area contributed by atoms with E-state index in [1.807, 2.05) is 13.8 Å². The molecular weight excluding hydrogens is 346 g/mol. The second-order valence-electron chi connectivity index (χ2n) is 7.03. The minimum Gasteiger partial charge on any atom is -0.461 e. The van der Waals surface area contributed by atoms with Crippen molar-refractivity contribution in [2.24, 2.45) is 0 Å². The van der Waals surface area contributed by atoms with Gasteiger partial charge >= 0.3 is 12.1 Å². The van der Waals surface area contributed by atoms with E-state index in [1.165, 1.54) is 17.8 Å². The summed E-state index contributed by atoms with van der Waals surface area (Å²) in [5.74, 6) is -0.550. The Labute approximate surface area is 153 Å². The highest BCUT2D eigenvalue weighted by Crippen LogP contribution is 2.28. The topological polar surface area (TPSA) is 83.1 Å². The van der Waals surface area contributed by atoms with E-state index < -0.39 is 22.9 Å². The van der Waals surface area contributed by atoms with Crippen LogP contribution in [0.4, 0.5) is 4.79 Å². The van der Waals surface area contributed by atoms with Crippen LogP contribution in [0.25, 0.3) is 0 Å². The fourth-order valence-electron chi connectivity index (χ4n) is 2.02. The molecule has 0 spiro atoms. The number of esters is 1. The Morgan fingerprint density at radius 3 is 2.64 bits per heavy atom. The predicted molar refractivity (Wildman–Crippen MR) is 96.3 cm³/mol. The SMILES string of the molecule is C=CCOC(=O)CCS[C@@H](NC(=O)OC(C)(C)C)[C@H]1COC(C)(C)O1. The van der Waals surface area contributed by atoms with Crippen molar-refractivity contribution in [3.8, 4) is 0 Å². The standard InChI is InChI=1S/C17H29NO6S/c1-7-9-21-13(19)8-10-25-14(12-11-22-17(5,6)23-12)18-15(20)24-16(2,3)4/h7,12,14H,1,8-11H2,2-6H3,(H,18,20)/t12-,14-/m1/s1. The molecule has 0 radical (unpaired) electrons. The predicted octanol–water partition coefficient (Wildman–Crippen LogP) is 2.84. The number of carbonyl (C=O) groups excluding carboxylic acids is 2. The minimum absolute atomic E-state index is 0.191. The molecule has 0 aromatic rings. The summed E-state index contributed by atoms with van der Waals surface area (Å²) in [6.45, 7) is 13.0. The van der Waals surface area contributed by atoms with Crippen molar-refractivity contribution in [3.63, 3.8) is 0 Å². The molecule has 0 unspecified atom stereocenters. The molecule has 0 saturated carbocycles. The molecule has 0 aromatic heterocycles. The van der Waals surface area contributed by atoms with Gasteiger partial charge in [-0.05, 0) is 34.6 Å². The van der Waals surface area contributed by atoms with Gasteiger partial charge in [-0.1, -0.05) is 12.7 Å². The average Bonchev–Trinajstić information content (AvgIpc) is 2.82. The molecule has 1 aliphatic rings. The van der Waals surface area contributed by atoms with Crippen LogP contribution in [0.15, 0.2) is 12.7 Å².